The Bertz CT molecular complexity index is 1070. The Hall–Kier alpha value is -2.40. The van der Waals surface area contributed by atoms with Gasteiger partial charge in [-0.05, 0) is 56.9 Å². The topological polar surface area (TPSA) is 71.3 Å². The van der Waals surface area contributed by atoms with Gasteiger partial charge in [0.05, 0.1) is 5.56 Å². The smallest absolute Gasteiger partial charge is 0.382 e. The minimum atomic E-state index is -4.47. The molecule has 0 bridgehead atoms. The fraction of sp³-hybridized carbons (Fsp3) is 0.381. The van der Waals surface area contributed by atoms with Crippen LogP contribution in [-0.2, 0) is 6.18 Å². The van der Waals surface area contributed by atoms with Crippen LogP contribution in [0.3, 0.4) is 0 Å². The molecule has 32 heavy (non-hydrogen) atoms. The number of anilines is 1. The first-order valence-corrected chi connectivity index (χ1v) is 9.84. The number of halogens is 3. The number of aryl methyl sites for hydroxylation is 1. The van der Waals surface area contributed by atoms with Crippen molar-refractivity contribution in [3.05, 3.63) is 59.8 Å². The number of imidazole rings is 1. The molecule has 0 atom stereocenters. The van der Waals surface area contributed by atoms with E-state index in [-0.39, 0.29) is 45.0 Å². The predicted molar refractivity (Wildman–Crippen MR) is 127 cm³/mol. The highest BCUT2D eigenvalue weighted by atomic mass is 32.1. The van der Waals surface area contributed by atoms with Crippen molar-refractivity contribution in [3.63, 3.8) is 0 Å². The van der Waals surface area contributed by atoms with Gasteiger partial charge in [0.2, 0.25) is 0 Å². The van der Waals surface area contributed by atoms with Gasteiger partial charge in [-0.2, -0.15) is 40.2 Å². The minimum Gasteiger partial charge on any atom is -0.382 e. The molecule has 0 saturated heterocycles. The summed E-state index contributed by atoms with van der Waals surface area (Å²) in [4.78, 5) is 20.3. The summed E-state index contributed by atoms with van der Waals surface area (Å²) < 4.78 is 40.7. The highest BCUT2D eigenvalue weighted by Gasteiger charge is 2.33. The van der Waals surface area contributed by atoms with E-state index in [1.54, 1.807) is 48.1 Å². The van der Waals surface area contributed by atoms with Crippen LogP contribution in [0.5, 0.6) is 0 Å². The second-order valence-electron chi connectivity index (χ2n) is 7.66. The molecule has 11 heteroatoms. The first kappa shape index (κ1) is 25.9. The molecule has 174 valence electrons. The molecule has 1 amide bonds. The molecule has 3 aromatic rings. The highest BCUT2D eigenvalue weighted by molar-refractivity contribution is 7.59. The van der Waals surface area contributed by atoms with Crippen molar-refractivity contribution in [2.24, 2.45) is 0 Å². The lowest BCUT2D eigenvalue weighted by Crippen LogP contribution is -2.40. The summed E-state index contributed by atoms with van der Waals surface area (Å²) in [6.45, 7) is 1.55. The van der Waals surface area contributed by atoms with Crippen molar-refractivity contribution in [2.45, 2.75) is 50.9 Å². The van der Waals surface area contributed by atoms with Crippen molar-refractivity contribution in [1.82, 2.24) is 19.7 Å². The van der Waals surface area contributed by atoms with Crippen LogP contribution in [-0.4, -0.2) is 32.4 Å². The molecule has 0 unspecified atom stereocenters. The van der Waals surface area contributed by atoms with Gasteiger partial charge in [0, 0.05) is 42.1 Å². The second-order valence-corrected chi connectivity index (χ2v) is 7.66. The van der Waals surface area contributed by atoms with Crippen LogP contribution >= 0.6 is 27.0 Å². The number of hydrogen-bond acceptors (Lipinski definition) is 4. The molecule has 1 saturated carbocycles. The summed E-state index contributed by atoms with van der Waals surface area (Å²) in [5.41, 5.74) is 1.20. The van der Waals surface area contributed by atoms with E-state index in [1.165, 1.54) is 0 Å². The van der Waals surface area contributed by atoms with E-state index < -0.39 is 11.9 Å². The lowest BCUT2D eigenvalue weighted by molar-refractivity contribution is -0.141. The molecular weight excluding hydrogens is 459 g/mol. The SMILES string of the molecule is Cc1cc(NC2CCC(NC(=O)c3ccc4nccn4c3)CC2)cc(C(F)(F)F)n1.S.S. The van der Waals surface area contributed by atoms with Gasteiger partial charge in [-0.1, -0.05) is 0 Å². The van der Waals surface area contributed by atoms with E-state index >= 15 is 0 Å². The van der Waals surface area contributed by atoms with Crippen molar-refractivity contribution in [3.8, 4) is 0 Å². The average molecular weight is 486 g/mol. The van der Waals surface area contributed by atoms with Gasteiger partial charge in [0.25, 0.3) is 5.91 Å². The maximum atomic E-state index is 13.0. The molecule has 0 radical (unpaired) electrons. The number of rotatable bonds is 4. The van der Waals surface area contributed by atoms with Crippen molar-refractivity contribution < 1.29 is 18.0 Å². The molecule has 0 aromatic carbocycles. The molecule has 1 fully saturated rings. The van der Waals surface area contributed by atoms with Crippen LogP contribution in [0.15, 0.2) is 42.9 Å². The molecule has 0 aliphatic heterocycles. The third kappa shape index (κ3) is 6.10. The zero-order valence-electron chi connectivity index (χ0n) is 17.4. The van der Waals surface area contributed by atoms with E-state index in [4.69, 9.17) is 0 Å². The normalized spacial score (nSPS) is 18.4. The fourth-order valence-electron chi connectivity index (χ4n) is 3.84. The van der Waals surface area contributed by atoms with Gasteiger partial charge in [0.1, 0.15) is 11.3 Å². The minimum absolute atomic E-state index is 0. The van der Waals surface area contributed by atoms with Crippen molar-refractivity contribution in [1.29, 1.82) is 0 Å². The Labute approximate surface area is 197 Å². The zero-order chi connectivity index (χ0) is 21.3. The maximum Gasteiger partial charge on any atom is 0.433 e. The van der Waals surface area contributed by atoms with Gasteiger partial charge < -0.3 is 15.0 Å². The average Bonchev–Trinajstić information content (AvgIpc) is 3.16. The van der Waals surface area contributed by atoms with Crippen LogP contribution in [0.4, 0.5) is 18.9 Å². The molecule has 1 aliphatic carbocycles. The van der Waals surface area contributed by atoms with Gasteiger partial charge in [-0.25, -0.2) is 9.97 Å². The van der Waals surface area contributed by atoms with Crippen molar-refractivity contribution in [2.75, 3.05) is 5.32 Å². The molecule has 0 spiro atoms. The van der Waals surface area contributed by atoms with Crippen LogP contribution in [0.25, 0.3) is 5.65 Å². The van der Waals surface area contributed by atoms with Crippen LogP contribution in [0.1, 0.15) is 47.4 Å². The monoisotopic (exact) mass is 485 g/mol. The van der Waals surface area contributed by atoms with Gasteiger partial charge >= 0.3 is 6.18 Å². The number of aromatic nitrogens is 3. The van der Waals surface area contributed by atoms with Crippen LogP contribution < -0.4 is 10.6 Å². The fourth-order valence-corrected chi connectivity index (χ4v) is 3.84. The summed E-state index contributed by atoms with van der Waals surface area (Å²) >= 11 is 0. The summed E-state index contributed by atoms with van der Waals surface area (Å²) in [5.74, 6) is -0.137. The zero-order valence-corrected chi connectivity index (χ0v) is 19.4. The molecule has 3 aromatic heterocycles. The molecular formula is C21H26F3N5OS2. The van der Waals surface area contributed by atoms with Gasteiger partial charge in [-0.3, -0.25) is 4.79 Å². The van der Waals surface area contributed by atoms with E-state index in [1.807, 2.05) is 0 Å². The summed E-state index contributed by atoms with van der Waals surface area (Å²) in [6, 6.07) is 6.31. The number of fused-ring (bicyclic) bond motifs is 1. The molecule has 3 heterocycles. The Morgan fingerprint density at radius 1 is 1.09 bits per heavy atom. The second kappa shape index (κ2) is 10.5. The number of alkyl halides is 3. The van der Waals surface area contributed by atoms with E-state index in [2.05, 4.69) is 20.6 Å². The van der Waals surface area contributed by atoms with Gasteiger partial charge in [0.15, 0.2) is 0 Å². The first-order valence-electron chi connectivity index (χ1n) is 9.84. The molecule has 6 nitrogen and oxygen atoms in total. The number of hydrogen-bond donors (Lipinski definition) is 2. The van der Waals surface area contributed by atoms with Crippen LogP contribution in [0.2, 0.25) is 0 Å². The standard InChI is InChI=1S/C21H22F3N5O.2H2S/c1-13-10-17(11-18(26-13)21(22,23)24)27-15-3-5-16(6-4-15)28-20(30)14-2-7-19-25-8-9-29(19)12-14;;/h2,7-12,15-16H,3-6H2,1H3,(H,26,27)(H,28,30);2*1H2. The molecule has 4 rings (SSSR count). The number of carbonyl (C=O) groups excluding carboxylic acids is 1. The van der Waals surface area contributed by atoms with E-state index in [9.17, 15) is 18.0 Å². The summed E-state index contributed by atoms with van der Waals surface area (Å²) in [7, 11) is 0. The summed E-state index contributed by atoms with van der Waals surface area (Å²) in [5, 5.41) is 6.25. The largest absolute Gasteiger partial charge is 0.433 e. The molecule has 1 aliphatic rings. The number of nitrogens with zero attached hydrogens (tertiary/aromatic N) is 3. The lowest BCUT2D eigenvalue weighted by atomic mass is 9.90. The van der Waals surface area contributed by atoms with Gasteiger partial charge in [-0.15, -0.1) is 0 Å². The van der Waals surface area contributed by atoms with Crippen molar-refractivity contribution >= 4 is 44.2 Å². The third-order valence-corrected chi connectivity index (χ3v) is 5.33. The Morgan fingerprint density at radius 3 is 2.47 bits per heavy atom. The van der Waals surface area contributed by atoms with E-state index in [0.717, 1.165) is 37.4 Å². The number of carbonyl (C=O) groups is 1. The Kier molecular flexibility index (Phi) is 8.47. The van der Waals surface area contributed by atoms with E-state index in [0.29, 0.717) is 16.9 Å². The first-order chi connectivity index (χ1) is 14.3. The molecule has 2 N–H and O–H groups in total. The Balaban J connectivity index is 0.00000181. The quantitative estimate of drug-likeness (QED) is 0.573. The lowest BCUT2D eigenvalue weighted by Gasteiger charge is -2.30. The summed E-state index contributed by atoms with van der Waals surface area (Å²) in [6.07, 6.45) is 3.77. The number of pyridine rings is 2. The number of amides is 1. The van der Waals surface area contributed by atoms with Crippen LogP contribution in [0, 0.1) is 6.92 Å². The maximum absolute atomic E-state index is 13.0. The third-order valence-electron chi connectivity index (χ3n) is 5.33. The Morgan fingerprint density at radius 2 is 1.78 bits per heavy atom. The predicted octanol–water partition coefficient (Wildman–Crippen LogP) is 4.44. The number of nitrogens with one attached hydrogen (secondary N) is 2. The highest BCUT2D eigenvalue weighted by Crippen LogP contribution is 2.31.